The fourth-order valence-electron chi connectivity index (χ4n) is 1.21. The molecule has 13 heavy (non-hydrogen) atoms. The van der Waals surface area contributed by atoms with Crippen LogP contribution in [-0.4, -0.2) is 5.91 Å². The second-order valence-electron chi connectivity index (χ2n) is 3.50. The number of hydrogen-bond donors (Lipinski definition) is 0. The van der Waals surface area contributed by atoms with Crippen molar-refractivity contribution in [3.05, 3.63) is 35.4 Å². The Hall–Kier alpha value is -1.31. The summed E-state index contributed by atoms with van der Waals surface area (Å²) in [5.41, 5.74) is 9.00. The Morgan fingerprint density at radius 2 is 1.85 bits per heavy atom. The minimum absolute atomic E-state index is 0.221. The number of rotatable bonds is 3. The number of carbonyl (C=O) groups is 1. The third-order valence-corrected chi connectivity index (χ3v) is 2.01. The molecule has 0 heterocycles. The van der Waals surface area contributed by atoms with E-state index in [9.17, 15) is 4.79 Å². The standard InChI is InChI=1S/C11H14NO/c1-8(2)10-5-3-9(4-6-10)7-11(12)13/h3-6,8,12H,7H2,1-2H3. The van der Waals surface area contributed by atoms with E-state index in [1.807, 2.05) is 24.3 Å². The zero-order valence-electron chi connectivity index (χ0n) is 8.00. The smallest absolute Gasteiger partial charge is 0.242 e. The third-order valence-electron chi connectivity index (χ3n) is 2.01. The zero-order chi connectivity index (χ0) is 9.84. The molecule has 0 aliphatic carbocycles. The van der Waals surface area contributed by atoms with Crippen LogP contribution >= 0.6 is 0 Å². The van der Waals surface area contributed by atoms with E-state index >= 15 is 0 Å². The summed E-state index contributed by atoms with van der Waals surface area (Å²) in [4.78, 5) is 10.5. The van der Waals surface area contributed by atoms with Crippen LogP contribution in [0.3, 0.4) is 0 Å². The van der Waals surface area contributed by atoms with Crippen molar-refractivity contribution >= 4 is 5.91 Å². The Labute approximate surface area is 78.8 Å². The Morgan fingerprint density at radius 1 is 1.31 bits per heavy atom. The first-order chi connectivity index (χ1) is 6.09. The molecule has 0 saturated heterocycles. The molecule has 0 aliphatic rings. The van der Waals surface area contributed by atoms with Crippen LogP contribution in [0.5, 0.6) is 0 Å². The van der Waals surface area contributed by atoms with E-state index in [1.165, 1.54) is 5.56 Å². The lowest BCUT2D eigenvalue weighted by atomic mass is 10.0. The van der Waals surface area contributed by atoms with Crippen LogP contribution < -0.4 is 5.73 Å². The van der Waals surface area contributed by atoms with E-state index in [-0.39, 0.29) is 6.42 Å². The quantitative estimate of drug-likeness (QED) is 0.695. The highest BCUT2D eigenvalue weighted by Crippen LogP contribution is 2.14. The SMILES string of the molecule is CC(C)c1ccc(CC([NH])=O)cc1. The number of benzene rings is 1. The van der Waals surface area contributed by atoms with Gasteiger partial charge in [0, 0.05) is 0 Å². The highest BCUT2D eigenvalue weighted by Gasteiger charge is 2.01. The van der Waals surface area contributed by atoms with Gasteiger partial charge >= 0.3 is 0 Å². The maximum absolute atomic E-state index is 10.5. The minimum atomic E-state index is -0.530. The summed E-state index contributed by atoms with van der Waals surface area (Å²) in [7, 11) is 0. The van der Waals surface area contributed by atoms with Gasteiger partial charge in [-0.1, -0.05) is 38.1 Å². The summed E-state index contributed by atoms with van der Waals surface area (Å²) in [6, 6.07) is 7.87. The molecule has 1 amide bonds. The number of carbonyl (C=O) groups excluding carboxylic acids is 1. The lowest BCUT2D eigenvalue weighted by Gasteiger charge is -2.05. The van der Waals surface area contributed by atoms with Crippen molar-refractivity contribution < 1.29 is 4.79 Å². The fourth-order valence-corrected chi connectivity index (χ4v) is 1.21. The van der Waals surface area contributed by atoms with Crippen molar-refractivity contribution in [2.24, 2.45) is 0 Å². The molecule has 1 N–H and O–H groups in total. The van der Waals surface area contributed by atoms with Crippen molar-refractivity contribution in [1.29, 1.82) is 0 Å². The van der Waals surface area contributed by atoms with E-state index in [0.29, 0.717) is 5.92 Å². The highest BCUT2D eigenvalue weighted by atomic mass is 16.1. The Balaban J connectivity index is 2.75. The first-order valence-corrected chi connectivity index (χ1v) is 4.43. The van der Waals surface area contributed by atoms with Gasteiger partial charge in [-0.05, 0) is 17.0 Å². The summed E-state index contributed by atoms with van der Waals surface area (Å²) in [6.07, 6.45) is 0.221. The summed E-state index contributed by atoms with van der Waals surface area (Å²) in [5.74, 6) is -0.0157. The number of hydrogen-bond acceptors (Lipinski definition) is 1. The Kier molecular flexibility index (Phi) is 3.07. The molecule has 0 aromatic heterocycles. The third kappa shape index (κ3) is 2.90. The molecule has 0 fully saturated rings. The molecule has 69 valence electrons. The molecule has 2 nitrogen and oxygen atoms in total. The first-order valence-electron chi connectivity index (χ1n) is 4.43. The average molecular weight is 176 g/mol. The van der Waals surface area contributed by atoms with Gasteiger partial charge in [-0.2, -0.15) is 0 Å². The van der Waals surface area contributed by atoms with Crippen LogP contribution in [0.2, 0.25) is 0 Å². The molecule has 0 unspecified atom stereocenters. The van der Waals surface area contributed by atoms with Gasteiger partial charge in [0.05, 0.1) is 6.42 Å². The summed E-state index contributed by atoms with van der Waals surface area (Å²) < 4.78 is 0. The Morgan fingerprint density at radius 3 is 2.23 bits per heavy atom. The summed E-state index contributed by atoms with van der Waals surface area (Å²) >= 11 is 0. The molecule has 1 aromatic rings. The average Bonchev–Trinajstić information content (AvgIpc) is 2.04. The van der Waals surface area contributed by atoms with Gasteiger partial charge in [0.15, 0.2) is 0 Å². The normalized spacial score (nSPS) is 10.4. The molecular formula is C11H14NO. The molecule has 2 heteroatoms. The molecule has 0 aliphatic heterocycles. The van der Waals surface area contributed by atoms with Gasteiger partial charge < -0.3 is 0 Å². The molecule has 0 bridgehead atoms. The van der Waals surface area contributed by atoms with E-state index in [0.717, 1.165) is 5.56 Å². The lowest BCUT2D eigenvalue weighted by Crippen LogP contribution is -2.02. The number of amides is 1. The highest BCUT2D eigenvalue weighted by molar-refractivity contribution is 5.75. The van der Waals surface area contributed by atoms with E-state index in [1.54, 1.807) is 0 Å². The second kappa shape index (κ2) is 4.08. The summed E-state index contributed by atoms with van der Waals surface area (Å²) in [5, 5.41) is 0. The minimum Gasteiger partial charge on any atom is -0.273 e. The van der Waals surface area contributed by atoms with Crippen LogP contribution in [-0.2, 0) is 11.2 Å². The summed E-state index contributed by atoms with van der Waals surface area (Å²) in [6.45, 7) is 4.26. The van der Waals surface area contributed by atoms with Crippen molar-refractivity contribution in [3.63, 3.8) is 0 Å². The van der Waals surface area contributed by atoms with Gasteiger partial charge in [-0.3, -0.25) is 10.5 Å². The largest absolute Gasteiger partial charge is 0.273 e. The first kappa shape index (κ1) is 9.78. The van der Waals surface area contributed by atoms with Crippen LogP contribution in [0.15, 0.2) is 24.3 Å². The van der Waals surface area contributed by atoms with Gasteiger partial charge in [-0.15, -0.1) is 0 Å². The van der Waals surface area contributed by atoms with Crippen LogP contribution in [0.25, 0.3) is 0 Å². The topological polar surface area (TPSA) is 40.9 Å². The Bertz CT molecular complexity index is 287. The zero-order valence-corrected chi connectivity index (χ0v) is 8.00. The molecule has 1 radical (unpaired) electrons. The van der Waals surface area contributed by atoms with Crippen LogP contribution in [0, 0.1) is 0 Å². The van der Waals surface area contributed by atoms with E-state index in [4.69, 9.17) is 5.73 Å². The molecule has 1 aromatic carbocycles. The van der Waals surface area contributed by atoms with Gasteiger partial charge in [-0.25, -0.2) is 0 Å². The second-order valence-corrected chi connectivity index (χ2v) is 3.50. The lowest BCUT2D eigenvalue weighted by molar-refractivity contribution is -0.118. The van der Waals surface area contributed by atoms with Crippen LogP contribution in [0.4, 0.5) is 0 Å². The molecule has 0 spiro atoms. The predicted octanol–water partition coefficient (Wildman–Crippen LogP) is 2.16. The molecule has 0 atom stereocenters. The number of nitrogens with one attached hydrogen (secondary N) is 1. The van der Waals surface area contributed by atoms with Gasteiger partial charge in [0.25, 0.3) is 0 Å². The predicted molar refractivity (Wildman–Crippen MR) is 52.3 cm³/mol. The van der Waals surface area contributed by atoms with E-state index < -0.39 is 5.91 Å². The fraction of sp³-hybridized carbons (Fsp3) is 0.364. The van der Waals surface area contributed by atoms with E-state index in [2.05, 4.69) is 13.8 Å². The van der Waals surface area contributed by atoms with Crippen molar-refractivity contribution in [2.45, 2.75) is 26.2 Å². The van der Waals surface area contributed by atoms with Crippen molar-refractivity contribution in [3.8, 4) is 0 Å². The van der Waals surface area contributed by atoms with Gasteiger partial charge in [0.2, 0.25) is 5.91 Å². The molecule has 1 rings (SSSR count). The maximum Gasteiger partial charge on any atom is 0.242 e. The molecular weight excluding hydrogens is 162 g/mol. The van der Waals surface area contributed by atoms with Crippen molar-refractivity contribution in [1.82, 2.24) is 5.73 Å². The van der Waals surface area contributed by atoms with Crippen LogP contribution in [0.1, 0.15) is 30.9 Å². The van der Waals surface area contributed by atoms with Crippen molar-refractivity contribution in [2.75, 3.05) is 0 Å². The molecule has 0 saturated carbocycles. The maximum atomic E-state index is 10.5. The monoisotopic (exact) mass is 176 g/mol. The van der Waals surface area contributed by atoms with Gasteiger partial charge in [0.1, 0.15) is 0 Å².